The molecular weight excluding hydrogens is 378 g/mol. The third-order valence-corrected chi connectivity index (χ3v) is 5.99. The summed E-state index contributed by atoms with van der Waals surface area (Å²) in [4.78, 5) is 26.1. The maximum Gasteiger partial charge on any atom is 0.307 e. The van der Waals surface area contributed by atoms with Gasteiger partial charge < -0.3 is 10.1 Å². The zero-order chi connectivity index (χ0) is 17.6. The van der Waals surface area contributed by atoms with E-state index in [1.54, 1.807) is 11.8 Å². The number of para-hydroxylation sites is 1. The SMILES string of the molecule is O=C(C[C@H]1Sc2ccccc2NC1=O)OCCSc1ccc(Cl)cc1. The minimum absolute atomic E-state index is 0.0659. The van der Waals surface area contributed by atoms with Crippen LogP contribution in [-0.4, -0.2) is 29.5 Å². The molecule has 0 radical (unpaired) electrons. The van der Waals surface area contributed by atoms with E-state index < -0.39 is 5.25 Å². The van der Waals surface area contributed by atoms with Crippen LogP contribution in [0.5, 0.6) is 0 Å². The molecule has 130 valence electrons. The average molecular weight is 394 g/mol. The Kier molecular flexibility index (Phi) is 6.29. The van der Waals surface area contributed by atoms with Gasteiger partial charge in [-0.25, -0.2) is 0 Å². The van der Waals surface area contributed by atoms with E-state index in [-0.39, 0.29) is 18.3 Å². The van der Waals surface area contributed by atoms with Gasteiger partial charge in [0.1, 0.15) is 6.61 Å². The third-order valence-electron chi connectivity index (χ3n) is 3.49. The Hall–Kier alpha value is -1.63. The highest BCUT2D eigenvalue weighted by atomic mass is 35.5. The van der Waals surface area contributed by atoms with Crippen molar-refractivity contribution in [2.45, 2.75) is 21.5 Å². The van der Waals surface area contributed by atoms with Gasteiger partial charge >= 0.3 is 5.97 Å². The van der Waals surface area contributed by atoms with Crippen LogP contribution in [0.2, 0.25) is 5.02 Å². The maximum atomic E-state index is 12.1. The Morgan fingerprint density at radius 2 is 1.96 bits per heavy atom. The van der Waals surface area contributed by atoms with Gasteiger partial charge in [-0.3, -0.25) is 9.59 Å². The third kappa shape index (κ3) is 5.17. The number of halogens is 1. The van der Waals surface area contributed by atoms with Gasteiger partial charge in [-0.2, -0.15) is 0 Å². The summed E-state index contributed by atoms with van der Waals surface area (Å²) in [7, 11) is 0. The van der Waals surface area contributed by atoms with Crippen LogP contribution < -0.4 is 5.32 Å². The Morgan fingerprint density at radius 1 is 1.20 bits per heavy atom. The number of benzene rings is 2. The van der Waals surface area contributed by atoms with E-state index in [1.807, 2.05) is 48.5 Å². The Labute approximate surface area is 159 Å². The highest BCUT2D eigenvalue weighted by Gasteiger charge is 2.29. The van der Waals surface area contributed by atoms with Gasteiger partial charge in [0.2, 0.25) is 5.91 Å². The van der Waals surface area contributed by atoms with Crippen LogP contribution >= 0.6 is 35.1 Å². The van der Waals surface area contributed by atoms with Gasteiger partial charge in [0.25, 0.3) is 0 Å². The van der Waals surface area contributed by atoms with Crippen LogP contribution in [0.25, 0.3) is 0 Å². The number of nitrogens with one attached hydrogen (secondary N) is 1. The van der Waals surface area contributed by atoms with Gasteiger partial charge in [-0.1, -0.05) is 23.7 Å². The second-order valence-electron chi connectivity index (χ2n) is 5.32. The Bertz CT molecular complexity index is 767. The normalized spacial score (nSPS) is 16.0. The summed E-state index contributed by atoms with van der Waals surface area (Å²) in [5.41, 5.74) is 0.793. The number of anilines is 1. The average Bonchev–Trinajstić information content (AvgIpc) is 2.61. The molecule has 2 aromatic rings. The smallest absolute Gasteiger partial charge is 0.307 e. The zero-order valence-electron chi connectivity index (χ0n) is 13.2. The first kappa shape index (κ1) is 18.2. The first-order valence-electron chi connectivity index (χ1n) is 7.72. The summed E-state index contributed by atoms with van der Waals surface area (Å²) in [5, 5.41) is 3.07. The molecule has 1 amide bonds. The number of carbonyl (C=O) groups is 2. The monoisotopic (exact) mass is 393 g/mol. The summed E-state index contributed by atoms with van der Waals surface area (Å²) in [6, 6.07) is 15.1. The molecule has 0 saturated heterocycles. The van der Waals surface area contributed by atoms with Crippen LogP contribution in [0.3, 0.4) is 0 Å². The van der Waals surface area contributed by atoms with E-state index >= 15 is 0 Å². The summed E-state index contributed by atoms with van der Waals surface area (Å²) in [6.45, 7) is 0.307. The second-order valence-corrected chi connectivity index (χ2v) is 8.17. The lowest BCUT2D eigenvalue weighted by atomic mass is 10.2. The van der Waals surface area contributed by atoms with Crippen molar-refractivity contribution in [2.24, 2.45) is 0 Å². The highest BCUT2D eigenvalue weighted by molar-refractivity contribution is 8.01. The number of amides is 1. The quantitative estimate of drug-likeness (QED) is 0.445. The molecule has 0 fully saturated rings. The van der Waals surface area contributed by atoms with E-state index in [1.165, 1.54) is 11.8 Å². The first-order valence-corrected chi connectivity index (χ1v) is 9.97. The van der Waals surface area contributed by atoms with Gasteiger partial charge in [-0.15, -0.1) is 23.5 Å². The maximum absolute atomic E-state index is 12.1. The molecule has 25 heavy (non-hydrogen) atoms. The molecule has 4 nitrogen and oxygen atoms in total. The van der Waals surface area contributed by atoms with Crippen molar-refractivity contribution in [1.29, 1.82) is 0 Å². The summed E-state index contributed by atoms with van der Waals surface area (Å²) in [5.74, 6) is 0.139. The standard InChI is InChI=1S/C18H16ClNO3S2/c19-12-5-7-13(8-6-12)24-10-9-23-17(21)11-16-18(22)20-14-3-1-2-4-15(14)25-16/h1-8,16H,9-11H2,(H,20,22)/t16-/m1/s1. The Balaban J connectivity index is 1.42. The van der Waals surface area contributed by atoms with Crippen molar-refractivity contribution in [2.75, 3.05) is 17.7 Å². The van der Waals surface area contributed by atoms with Crippen molar-refractivity contribution >= 4 is 52.7 Å². The summed E-state index contributed by atoms with van der Waals surface area (Å²) < 4.78 is 5.25. The molecule has 1 heterocycles. The number of esters is 1. The van der Waals surface area contributed by atoms with Crippen molar-refractivity contribution in [3.63, 3.8) is 0 Å². The molecule has 1 aliphatic heterocycles. The summed E-state index contributed by atoms with van der Waals surface area (Å²) >= 11 is 8.83. The van der Waals surface area contributed by atoms with Crippen molar-refractivity contribution < 1.29 is 14.3 Å². The lowest BCUT2D eigenvalue weighted by Gasteiger charge is -2.23. The molecule has 7 heteroatoms. The van der Waals surface area contributed by atoms with E-state index in [0.717, 1.165) is 15.5 Å². The number of fused-ring (bicyclic) bond motifs is 1. The molecule has 0 saturated carbocycles. The fraction of sp³-hybridized carbons (Fsp3) is 0.222. The lowest BCUT2D eigenvalue weighted by Crippen LogP contribution is -2.31. The minimum Gasteiger partial charge on any atom is -0.465 e. The van der Waals surface area contributed by atoms with Crippen LogP contribution in [0, 0.1) is 0 Å². The molecule has 0 aliphatic carbocycles. The van der Waals surface area contributed by atoms with E-state index in [4.69, 9.17) is 16.3 Å². The van der Waals surface area contributed by atoms with Crippen LogP contribution in [0.15, 0.2) is 58.3 Å². The minimum atomic E-state index is -0.452. The number of rotatable bonds is 6. The van der Waals surface area contributed by atoms with Gasteiger partial charge in [0, 0.05) is 20.6 Å². The van der Waals surface area contributed by atoms with E-state index in [2.05, 4.69) is 5.32 Å². The molecule has 0 spiro atoms. The van der Waals surface area contributed by atoms with E-state index in [9.17, 15) is 9.59 Å². The lowest BCUT2D eigenvalue weighted by molar-refractivity contribution is -0.143. The fourth-order valence-electron chi connectivity index (χ4n) is 2.28. The molecule has 3 rings (SSSR count). The zero-order valence-corrected chi connectivity index (χ0v) is 15.6. The number of ether oxygens (including phenoxy) is 1. The molecule has 0 aromatic heterocycles. The largest absolute Gasteiger partial charge is 0.465 e. The molecular formula is C18H16ClNO3S2. The molecule has 1 atom stereocenters. The number of hydrogen-bond acceptors (Lipinski definition) is 5. The van der Waals surface area contributed by atoms with E-state index in [0.29, 0.717) is 17.4 Å². The number of thioether (sulfide) groups is 2. The second kappa shape index (κ2) is 8.65. The van der Waals surface area contributed by atoms with Gasteiger partial charge in [0.15, 0.2) is 0 Å². The van der Waals surface area contributed by atoms with Crippen LogP contribution in [-0.2, 0) is 14.3 Å². The highest BCUT2D eigenvalue weighted by Crippen LogP contribution is 2.36. The van der Waals surface area contributed by atoms with Gasteiger partial charge in [0.05, 0.1) is 17.4 Å². The fourth-order valence-corrected chi connectivity index (χ4v) is 4.24. The predicted octanol–water partition coefficient (Wildman–Crippen LogP) is 4.48. The molecule has 1 aliphatic rings. The van der Waals surface area contributed by atoms with Crippen molar-refractivity contribution in [3.8, 4) is 0 Å². The first-order chi connectivity index (χ1) is 12.1. The summed E-state index contributed by atoms with van der Waals surface area (Å²) in [6.07, 6.45) is 0.0659. The number of carbonyl (C=O) groups excluding carboxylic acids is 2. The number of hydrogen-bond donors (Lipinski definition) is 1. The Morgan fingerprint density at radius 3 is 2.76 bits per heavy atom. The van der Waals surface area contributed by atoms with Gasteiger partial charge in [-0.05, 0) is 36.4 Å². The predicted molar refractivity (Wildman–Crippen MR) is 102 cm³/mol. The van der Waals surface area contributed by atoms with Crippen molar-refractivity contribution in [1.82, 2.24) is 0 Å². The molecule has 0 bridgehead atoms. The van der Waals surface area contributed by atoms with Crippen molar-refractivity contribution in [3.05, 3.63) is 53.6 Å². The molecule has 0 unspecified atom stereocenters. The van der Waals surface area contributed by atoms with Crippen LogP contribution in [0.4, 0.5) is 5.69 Å². The van der Waals surface area contributed by atoms with Crippen LogP contribution in [0.1, 0.15) is 6.42 Å². The topological polar surface area (TPSA) is 55.4 Å². The molecule has 1 N–H and O–H groups in total. The molecule has 2 aromatic carbocycles.